The van der Waals surface area contributed by atoms with Gasteiger partial charge in [0.05, 0.1) is 0 Å². The SMILES string of the molecule is C=CCOC(=O)CCC/C=C\C.Clc1cc(Cl)cc(NCC2CCC(Cl)C2)c1. The molecule has 2 rings (SSSR count). The first kappa shape index (κ1) is 24.9. The Labute approximate surface area is 184 Å². The van der Waals surface area contributed by atoms with Crippen LogP contribution in [-0.2, 0) is 9.53 Å². The summed E-state index contributed by atoms with van der Waals surface area (Å²) in [6, 6.07) is 5.51. The first-order valence-electron chi connectivity index (χ1n) is 9.66. The molecule has 1 N–H and O–H groups in total. The van der Waals surface area contributed by atoms with Crippen molar-refractivity contribution < 1.29 is 9.53 Å². The molecule has 1 aliphatic rings. The van der Waals surface area contributed by atoms with E-state index in [4.69, 9.17) is 39.5 Å². The maximum Gasteiger partial charge on any atom is 0.306 e. The van der Waals surface area contributed by atoms with Gasteiger partial charge in [0.25, 0.3) is 0 Å². The molecular formula is C22H30Cl3NO2. The lowest BCUT2D eigenvalue weighted by Gasteiger charge is -2.12. The maximum atomic E-state index is 10.9. The summed E-state index contributed by atoms with van der Waals surface area (Å²) >= 11 is 17.9. The number of allylic oxidation sites excluding steroid dienone is 2. The highest BCUT2D eigenvalue weighted by Crippen LogP contribution is 2.30. The summed E-state index contributed by atoms with van der Waals surface area (Å²) in [5.74, 6) is 0.527. The van der Waals surface area contributed by atoms with Gasteiger partial charge in [0, 0.05) is 34.1 Å². The largest absolute Gasteiger partial charge is 0.461 e. The zero-order valence-electron chi connectivity index (χ0n) is 16.4. The number of anilines is 1. The lowest BCUT2D eigenvalue weighted by atomic mass is 10.1. The van der Waals surface area contributed by atoms with E-state index in [1.165, 1.54) is 6.42 Å². The summed E-state index contributed by atoms with van der Waals surface area (Å²) in [6.45, 7) is 6.69. The number of carbonyl (C=O) groups is 1. The summed E-state index contributed by atoms with van der Waals surface area (Å²) in [5.41, 5.74) is 0.982. The molecule has 1 aromatic carbocycles. The molecule has 0 radical (unpaired) electrons. The van der Waals surface area contributed by atoms with Crippen molar-refractivity contribution in [1.29, 1.82) is 0 Å². The van der Waals surface area contributed by atoms with Crippen molar-refractivity contribution in [3.8, 4) is 0 Å². The number of alkyl halides is 1. The number of halogens is 3. The highest BCUT2D eigenvalue weighted by Gasteiger charge is 2.22. The Morgan fingerprint density at radius 3 is 2.57 bits per heavy atom. The van der Waals surface area contributed by atoms with E-state index in [1.807, 2.05) is 31.2 Å². The minimum Gasteiger partial charge on any atom is -0.461 e. The monoisotopic (exact) mass is 445 g/mol. The standard InChI is InChI=1S/C12H14Cl3N.C10H16O2/c13-9-2-1-8(3-9)7-16-12-5-10(14)4-11(15)6-12;1-3-5-6-7-8-10(11)12-9-4-2/h4-6,8-9,16H,1-3,7H2;3-5H,2,6-9H2,1H3/b;5-3-. The van der Waals surface area contributed by atoms with Crippen molar-refractivity contribution in [2.24, 2.45) is 5.92 Å². The van der Waals surface area contributed by atoms with Gasteiger partial charge in [-0.15, -0.1) is 11.6 Å². The van der Waals surface area contributed by atoms with Crippen LogP contribution in [0.3, 0.4) is 0 Å². The minimum absolute atomic E-state index is 0.139. The molecular weight excluding hydrogens is 417 g/mol. The third-order valence-corrected chi connectivity index (χ3v) is 5.12. The highest BCUT2D eigenvalue weighted by atomic mass is 35.5. The predicted molar refractivity (Wildman–Crippen MR) is 122 cm³/mol. The molecule has 0 amide bonds. The molecule has 2 atom stereocenters. The maximum absolute atomic E-state index is 10.9. The fraction of sp³-hybridized carbons (Fsp3) is 0.500. The van der Waals surface area contributed by atoms with E-state index >= 15 is 0 Å². The van der Waals surface area contributed by atoms with Crippen LogP contribution < -0.4 is 5.32 Å². The second kappa shape index (κ2) is 14.8. The van der Waals surface area contributed by atoms with E-state index < -0.39 is 0 Å². The van der Waals surface area contributed by atoms with Crippen LogP contribution in [-0.4, -0.2) is 24.5 Å². The van der Waals surface area contributed by atoms with Crippen molar-refractivity contribution in [3.63, 3.8) is 0 Å². The average molecular weight is 447 g/mol. The summed E-state index contributed by atoms with van der Waals surface area (Å²) < 4.78 is 4.79. The van der Waals surface area contributed by atoms with Gasteiger partial charge >= 0.3 is 5.97 Å². The van der Waals surface area contributed by atoms with Crippen LogP contribution in [0, 0.1) is 5.92 Å². The molecule has 156 valence electrons. The van der Waals surface area contributed by atoms with Crippen molar-refractivity contribution in [2.75, 3.05) is 18.5 Å². The fourth-order valence-corrected chi connectivity index (χ4v) is 3.78. The number of hydrogen-bond acceptors (Lipinski definition) is 3. The number of unbranched alkanes of at least 4 members (excludes halogenated alkanes) is 1. The van der Waals surface area contributed by atoms with Crippen LogP contribution in [0.2, 0.25) is 10.0 Å². The number of esters is 1. The van der Waals surface area contributed by atoms with Gasteiger partial charge < -0.3 is 10.1 Å². The Kier molecular flexibility index (Phi) is 13.1. The van der Waals surface area contributed by atoms with E-state index in [2.05, 4.69) is 11.9 Å². The molecule has 28 heavy (non-hydrogen) atoms. The Morgan fingerprint density at radius 2 is 2.00 bits per heavy atom. The quantitative estimate of drug-likeness (QED) is 0.187. The first-order valence-corrected chi connectivity index (χ1v) is 10.9. The third kappa shape index (κ3) is 11.6. The molecule has 0 bridgehead atoms. The number of benzene rings is 1. The number of hydrogen-bond donors (Lipinski definition) is 1. The van der Waals surface area contributed by atoms with Crippen molar-refractivity contribution in [2.45, 2.75) is 50.8 Å². The van der Waals surface area contributed by atoms with Crippen molar-refractivity contribution >= 4 is 46.5 Å². The molecule has 1 saturated carbocycles. The molecule has 1 aliphatic carbocycles. The number of rotatable bonds is 9. The molecule has 0 heterocycles. The van der Waals surface area contributed by atoms with Gasteiger partial charge in [-0.05, 0) is 63.1 Å². The smallest absolute Gasteiger partial charge is 0.306 e. The average Bonchev–Trinajstić information content (AvgIpc) is 3.07. The predicted octanol–water partition coefficient (Wildman–Crippen LogP) is 7.27. The molecule has 0 aliphatic heterocycles. The molecule has 3 nitrogen and oxygen atoms in total. The van der Waals surface area contributed by atoms with E-state index in [0.29, 0.717) is 34.4 Å². The topological polar surface area (TPSA) is 38.3 Å². The summed E-state index contributed by atoms with van der Waals surface area (Å²) in [7, 11) is 0. The lowest BCUT2D eigenvalue weighted by Crippen LogP contribution is -2.11. The molecule has 1 aromatic rings. The minimum atomic E-state index is -0.139. The summed E-state index contributed by atoms with van der Waals surface area (Å²) in [6.07, 6.45) is 11.3. The Bertz CT molecular complexity index is 614. The Morgan fingerprint density at radius 1 is 1.29 bits per heavy atom. The third-order valence-electron chi connectivity index (χ3n) is 4.28. The van der Waals surface area contributed by atoms with Gasteiger partial charge in [-0.1, -0.05) is 48.0 Å². The molecule has 2 unspecified atom stereocenters. The number of carbonyl (C=O) groups excluding carboxylic acids is 1. The molecule has 0 spiro atoms. The van der Waals surface area contributed by atoms with E-state index in [-0.39, 0.29) is 5.97 Å². The van der Waals surface area contributed by atoms with Crippen LogP contribution in [0.4, 0.5) is 5.69 Å². The van der Waals surface area contributed by atoms with Gasteiger partial charge in [0.1, 0.15) is 6.61 Å². The fourth-order valence-electron chi connectivity index (χ4n) is 2.87. The van der Waals surface area contributed by atoms with Gasteiger partial charge in [-0.3, -0.25) is 4.79 Å². The number of ether oxygens (including phenoxy) is 1. The highest BCUT2D eigenvalue weighted by molar-refractivity contribution is 6.35. The Balaban J connectivity index is 0.000000295. The lowest BCUT2D eigenvalue weighted by molar-refractivity contribution is -0.142. The normalized spacial score (nSPS) is 18.4. The van der Waals surface area contributed by atoms with Gasteiger partial charge in [-0.25, -0.2) is 0 Å². The van der Waals surface area contributed by atoms with Crippen molar-refractivity contribution in [3.05, 3.63) is 53.1 Å². The van der Waals surface area contributed by atoms with Crippen LogP contribution >= 0.6 is 34.8 Å². The van der Waals surface area contributed by atoms with Crippen LogP contribution in [0.15, 0.2) is 43.0 Å². The molecule has 1 fully saturated rings. The van der Waals surface area contributed by atoms with Gasteiger partial charge in [0.15, 0.2) is 0 Å². The van der Waals surface area contributed by atoms with Crippen LogP contribution in [0.25, 0.3) is 0 Å². The van der Waals surface area contributed by atoms with Crippen LogP contribution in [0.5, 0.6) is 0 Å². The van der Waals surface area contributed by atoms with E-state index in [0.717, 1.165) is 37.9 Å². The van der Waals surface area contributed by atoms with E-state index in [1.54, 1.807) is 12.1 Å². The summed E-state index contributed by atoms with van der Waals surface area (Å²) in [4.78, 5) is 10.9. The summed E-state index contributed by atoms with van der Waals surface area (Å²) in [5, 5.41) is 5.04. The second-order valence-corrected chi connectivity index (χ2v) is 8.24. The van der Waals surface area contributed by atoms with Gasteiger partial charge in [0.2, 0.25) is 0 Å². The van der Waals surface area contributed by atoms with Gasteiger partial charge in [-0.2, -0.15) is 0 Å². The zero-order chi connectivity index (χ0) is 20.8. The Hall–Kier alpha value is -1.16. The van der Waals surface area contributed by atoms with Crippen LogP contribution in [0.1, 0.15) is 45.4 Å². The van der Waals surface area contributed by atoms with Crippen molar-refractivity contribution in [1.82, 2.24) is 0 Å². The molecule has 0 aromatic heterocycles. The number of nitrogens with one attached hydrogen (secondary N) is 1. The second-order valence-electron chi connectivity index (χ2n) is 6.75. The zero-order valence-corrected chi connectivity index (χ0v) is 18.7. The molecule has 0 saturated heterocycles. The van der Waals surface area contributed by atoms with E-state index in [9.17, 15) is 4.79 Å². The molecule has 6 heteroatoms. The first-order chi connectivity index (χ1) is 13.4.